The van der Waals surface area contributed by atoms with Crippen molar-refractivity contribution in [3.05, 3.63) is 0 Å². The molecule has 16 heavy (non-hydrogen) atoms. The number of halogens is 3. The molecule has 0 saturated heterocycles. The SMILES string of the molecule is CCC1(CNCC(C#N)C(F)(F)F)CCC1. The molecule has 1 fully saturated rings. The van der Waals surface area contributed by atoms with Gasteiger partial charge < -0.3 is 5.32 Å². The maximum atomic E-state index is 12.3. The Morgan fingerprint density at radius 3 is 2.38 bits per heavy atom. The largest absolute Gasteiger partial charge is 0.405 e. The van der Waals surface area contributed by atoms with E-state index in [1.807, 2.05) is 0 Å². The van der Waals surface area contributed by atoms with Crippen molar-refractivity contribution in [1.82, 2.24) is 5.32 Å². The van der Waals surface area contributed by atoms with Crippen molar-refractivity contribution in [2.75, 3.05) is 13.1 Å². The lowest BCUT2D eigenvalue weighted by molar-refractivity contribution is -0.158. The van der Waals surface area contributed by atoms with Gasteiger partial charge in [0.25, 0.3) is 0 Å². The molecule has 1 saturated carbocycles. The Bertz CT molecular complexity index is 258. The van der Waals surface area contributed by atoms with Gasteiger partial charge in [-0.3, -0.25) is 0 Å². The van der Waals surface area contributed by atoms with E-state index in [2.05, 4.69) is 12.2 Å². The fourth-order valence-electron chi connectivity index (χ4n) is 2.05. The molecule has 0 aromatic rings. The first-order valence-electron chi connectivity index (χ1n) is 5.60. The summed E-state index contributed by atoms with van der Waals surface area (Å²) < 4.78 is 36.8. The Labute approximate surface area is 93.8 Å². The standard InChI is InChI=1S/C11H17F3N2/c1-2-10(4-3-5-10)8-16-7-9(6-15)11(12,13)14/h9,16H,2-5,7-8H2,1H3. The number of hydrogen-bond donors (Lipinski definition) is 1. The smallest absolute Gasteiger partial charge is 0.315 e. The van der Waals surface area contributed by atoms with Crippen LogP contribution in [0.4, 0.5) is 13.2 Å². The summed E-state index contributed by atoms with van der Waals surface area (Å²) in [5, 5.41) is 11.2. The molecule has 0 radical (unpaired) electrons. The molecule has 0 aromatic heterocycles. The highest BCUT2D eigenvalue weighted by Gasteiger charge is 2.40. The van der Waals surface area contributed by atoms with Crippen molar-refractivity contribution in [2.45, 2.75) is 38.8 Å². The molecule has 0 heterocycles. The number of nitrogens with one attached hydrogen (secondary N) is 1. The van der Waals surface area contributed by atoms with Gasteiger partial charge in [0, 0.05) is 13.1 Å². The van der Waals surface area contributed by atoms with Crippen LogP contribution < -0.4 is 5.32 Å². The lowest BCUT2D eigenvalue weighted by Gasteiger charge is -2.41. The van der Waals surface area contributed by atoms with E-state index in [-0.39, 0.29) is 12.0 Å². The monoisotopic (exact) mass is 234 g/mol. The molecule has 1 aliphatic carbocycles. The van der Waals surface area contributed by atoms with Crippen LogP contribution in [-0.2, 0) is 0 Å². The average molecular weight is 234 g/mol. The topological polar surface area (TPSA) is 35.8 Å². The second-order valence-electron chi connectivity index (χ2n) is 4.56. The summed E-state index contributed by atoms with van der Waals surface area (Å²) in [7, 11) is 0. The summed E-state index contributed by atoms with van der Waals surface area (Å²) in [4.78, 5) is 0. The van der Waals surface area contributed by atoms with Crippen molar-refractivity contribution in [2.24, 2.45) is 11.3 Å². The van der Waals surface area contributed by atoms with E-state index in [4.69, 9.17) is 5.26 Å². The van der Waals surface area contributed by atoms with Crippen molar-refractivity contribution in [3.63, 3.8) is 0 Å². The van der Waals surface area contributed by atoms with Gasteiger partial charge in [-0.15, -0.1) is 0 Å². The van der Waals surface area contributed by atoms with Gasteiger partial charge in [0.15, 0.2) is 5.92 Å². The molecule has 1 rings (SSSR count). The predicted molar refractivity (Wildman–Crippen MR) is 54.6 cm³/mol. The molecule has 0 aromatic carbocycles. The molecule has 92 valence electrons. The molecule has 1 atom stereocenters. The first kappa shape index (κ1) is 13.3. The summed E-state index contributed by atoms with van der Waals surface area (Å²) in [6.45, 7) is 2.37. The third-order valence-electron chi connectivity index (χ3n) is 3.56. The minimum absolute atomic E-state index is 0.186. The minimum Gasteiger partial charge on any atom is -0.315 e. The van der Waals surface area contributed by atoms with E-state index in [1.165, 1.54) is 6.07 Å². The van der Waals surface area contributed by atoms with E-state index < -0.39 is 12.1 Å². The zero-order valence-corrected chi connectivity index (χ0v) is 9.40. The Morgan fingerprint density at radius 1 is 1.44 bits per heavy atom. The van der Waals surface area contributed by atoms with E-state index in [9.17, 15) is 13.2 Å². The molecule has 0 bridgehead atoms. The minimum atomic E-state index is -4.42. The summed E-state index contributed by atoms with van der Waals surface area (Å²) in [6.07, 6.45) is -0.0973. The molecule has 0 amide bonds. The number of rotatable bonds is 5. The molecular weight excluding hydrogens is 217 g/mol. The lowest BCUT2D eigenvalue weighted by atomic mass is 9.67. The van der Waals surface area contributed by atoms with Crippen molar-refractivity contribution < 1.29 is 13.2 Å². The van der Waals surface area contributed by atoms with Crippen molar-refractivity contribution >= 4 is 0 Å². The van der Waals surface area contributed by atoms with E-state index in [0.717, 1.165) is 25.7 Å². The Hall–Kier alpha value is -0.760. The molecule has 0 aliphatic heterocycles. The maximum Gasteiger partial charge on any atom is 0.405 e. The molecule has 1 aliphatic rings. The zero-order chi connectivity index (χ0) is 12.2. The maximum absolute atomic E-state index is 12.3. The quantitative estimate of drug-likeness (QED) is 0.794. The van der Waals surface area contributed by atoms with Gasteiger partial charge in [0.05, 0.1) is 6.07 Å². The van der Waals surface area contributed by atoms with Crippen LogP contribution in [0.3, 0.4) is 0 Å². The molecule has 0 spiro atoms. The predicted octanol–water partition coefficient (Wildman–Crippen LogP) is 2.86. The highest BCUT2D eigenvalue weighted by atomic mass is 19.4. The van der Waals surface area contributed by atoms with Crippen LogP contribution in [0.25, 0.3) is 0 Å². The third kappa shape index (κ3) is 3.11. The highest BCUT2D eigenvalue weighted by molar-refractivity contribution is 4.92. The van der Waals surface area contributed by atoms with Gasteiger partial charge in [-0.25, -0.2) is 0 Å². The number of nitriles is 1. The Morgan fingerprint density at radius 2 is 2.06 bits per heavy atom. The van der Waals surface area contributed by atoms with Crippen LogP contribution in [0, 0.1) is 22.7 Å². The first-order valence-corrected chi connectivity index (χ1v) is 5.60. The Kier molecular flexibility index (Phi) is 4.20. The molecule has 1 unspecified atom stereocenters. The second kappa shape index (κ2) is 5.05. The number of alkyl halides is 3. The highest BCUT2D eigenvalue weighted by Crippen LogP contribution is 2.43. The summed E-state index contributed by atoms with van der Waals surface area (Å²) in [6, 6.07) is 1.29. The van der Waals surface area contributed by atoms with Gasteiger partial charge in [-0.2, -0.15) is 18.4 Å². The molecule has 2 nitrogen and oxygen atoms in total. The van der Waals surface area contributed by atoms with Crippen LogP contribution >= 0.6 is 0 Å². The van der Waals surface area contributed by atoms with Crippen LogP contribution in [-0.4, -0.2) is 19.3 Å². The number of hydrogen-bond acceptors (Lipinski definition) is 2. The average Bonchev–Trinajstić information content (AvgIpc) is 2.14. The molecule has 5 heteroatoms. The van der Waals surface area contributed by atoms with Gasteiger partial charge in [-0.05, 0) is 24.7 Å². The van der Waals surface area contributed by atoms with Gasteiger partial charge in [-0.1, -0.05) is 13.3 Å². The lowest BCUT2D eigenvalue weighted by Crippen LogP contribution is -2.42. The fourth-order valence-corrected chi connectivity index (χ4v) is 2.05. The van der Waals surface area contributed by atoms with Crippen molar-refractivity contribution in [3.8, 4) is 6.07 Å². The molecular formula is C11H17F3N2. The van der Waals surface area contributed by atoms with Gasteiger partial charge in [0.2, 0.25) is 0 Å². The summed E-state index contributed by atoms with van der Waals surface area (Å²) >= 11 is 0. The van der Waals surface area contributed by atoms with Gasteiger partial charge in [0.1, 0.15) is 0 Å². The zero-order valence-electron chi connectivity index (χ0n) is 9.40. The van der Waals surface area contributed by atoms with Crippen LogP contribution in [0.15, 0.2) is 0 Å². The second-order valence-corrected chi connectivity index (χ2v) is 4.56. The van der Waals surface area contributed by atoms with E-state index in [0.29, 0.717) is 6.54 Å². The molecule has 1 N–H and O–H groups in total. The summed E-state index contributed by atoms with van der Waals surface area (Å²) in [5.41, 5.74) is 0.186. The van der Waals surface area contributed by atoms with Crippen LogP contribution in [0.1, 0.15) is 32.6 Å². The number of nitrogens with zero attached hydrogens (tertiary/aromatic N) is 1. The van der Waals surface area contributed by atoms with Crippen LogP contribution in [0.2, 0.25) is 0 Å². The van der Waals surface area contributed by atoms with Crippen molar-refractivity contribution in [1.29, 1.82) is 5.26 Å². The normalized spacial score (nSPS) is 20.9. The summed E-state index contributed by atoms with van der Waals surface area (Å²) in [5.74, 6) is -1.89. The van der Waals surface area contributed by atoms with E-state index >= 15 is 0 Å². The van der Waals surface area contributed by atoms with Gasteiger partial charge >= 0.3 is 6.18 Å². The third-order valence-corrected chi connectivity index (χ3v) is 3.56. The van der Waals surface area contributed by atoms with Crippen LogP contribution in [0.5, 0.6) is 0 Å². The Balaban J connectivity index is 2.32. The fraction of sp³-hybridized carbons (Fsp3) is 0.909. The first-order chi connectivity index (χ1) is 7.43. The van der Waals surface area contributed by atoms with E-state index in [1.54, 1.807) is 0 Å².